The number of aromatic nitrogens is 3. The second kappa shape index (κ2) is 7.20. The average molecular weight is 340 g/mol. The van der Waals surface area contributed by atoms with Gasteiger partial charge in [0.2, 0.25) is 10.0 Å². The number of rotatable bonds is 8. The van der Waals surface area contributed by atoms with Gasteiger partial charge in [-0.05, 0) is 24.3 Å². The largest absolute Gasteiger partial charge is 0.486 e. The molecule has 124 valence electrons. The van der Waals surface area contributed by atoms with Crippen LogP contribution in [0.4, 0.5) is 0 Å². The Morgan fingerprint density at radius 3 is 2.61 bits per heavy atom. The molecule has 1 heterocycles. The highest BCUT2D eigenvalue weighted by Crippen LogP contribution is 2.16. The maximum atomic E-state index is 11.9. The van der Waals surface area contributed by atoms with Gasteiger partial charge in [-0.3, -0.25) is 9.48 Å². The lowest BCUT2D eigenvalue weighted by Crippen LogP contribution is -2.26. The fourth-order valence-electron chi connectivity index (χ4n) is 1.69. The summed E-state index contributed by atoms with van der Waals surface area (Å²) in [5, 5.41) is 12.4. The standard InChI is InChI=1S/C13H16N4O5S/c1-17-12(14-9-15-17)8-22-10-2-4-11(5-3-10)23(20,21)16-7-6-13(18)19/h2-5,9,16H,6-8H2,1H3,(H,18,19). The molecule has 9 nitrogen and oxygen atoms in total. The third kappa shape index (κ3) is 4.76. The normalized spacial score (nSPS) is 11.3. The Balaban J connectivity index is 1.95. The van der Waals surface area contributed by atoms with E-state index >= 15 is 0 Å². The number of sulfonamides is 1. The van der Waals surface area contributed by atoms with E-state index in [0.29, 0.717) is 11.6 Å². The highest BCUT2D eigenvalue weighted by atomic mass is 32.2. The molecule has 0 atom stereocenters. The summed E-state index contributed by atoms with van der Waals surface area (Å²) in [7, 11) is -1.99. The first kappa shape index (κ1) is 16.9. The van der Waals surface area contributed by atoms with E-state index in [0.717, 1.165) is 0 Å². The maximum Gasteiger partial charge on any atom is 0.304 e. The monoisotopic (exact) mass is 340 g/mol. The molecule has 0 aliphatic rings. The average Bonchev–Trinajstić information content (AvgIpc) is 2.90. The molecule has 0 aliphatic heterocycles. The minimum Gasteiger partial charge on any atom is -0.486 e. The van der Waals surface area contributed by atoms with Gasteiger partial charge in [-0.15, -0.1) is 0 Å². The lowest BCUT2D eigenvalue weighted by atomic mass is 10.3. The highest BCUT2D eigenvalue weighted by Gasteiger charge is 2.14. The number of aryl methyl sites for hydroxylation is 1. The van der Waals surface area contributed by atoms with E-state index in [1.807, 2.05) is 0 Å². The minimum atomic E-state index is -3.73. The van der Waals surface area contributed by atoms with Crippen LogP contribution in [-0.2, 0) is 28.5 Å². The van der Waals surface area contributed by atoms with Gasteiger partial charge in [0, 0.05) is 13.6 Å². The molecule has 0 amide bonds. The predicted molar refractivity (Wildman–Crippen MR) is 79.2 cm³/mol. The Kier molecular flexibility index (Phi) is 5.29. The van der Waals surface area contributed by atoms with Crippen molar-refractivity contribution in [2.24, 2.45) is 7.05 Å². The van der Waals surface area contributed by atoms with E-state index in [1.54, 1.807) is 11.7 Å². The highest BCUT2D eigenvalue weighted by molar-refractivity contribution is 7.89. The first-order valence-electron chi connectivity index (χ1n) is 6.65. The zero-order valence-electron chi connectivity index (χ0n) is 12.3. The number of aliphatic carboxylic acids is 1. The Morgan fingerprint density at radius 1 is 1.35 bits per heavy atom. The van der Waals surface area contributed by atoms with Crippen LogP contribution in [0.5, 0.6) is 5.75 Å². The van der Waals surface area contributed by atoms with Crippen LogP contribution in [0.15, 0.2) is 35.5 Å². The van der Waals surface area contributed by atoms with E-state index in [9.17, 15) is 13.2 Å². The van der Waals surface area contributed by atoms with E-state index in [-0.39, 0.29) is 24.5 Å². The Labute approximate surface area is 133 Å². The van der Waals surface area contributed by atoms with Crippen molar-refractivity contribution in [3.05, 3.63) is 36.4 Å². The summed E-state index contributed by atoms with van der Waals surface area (Å²) in [5.41, 5.74) is 0. The smallest absolute Gasteiger partial charge is 0.304 e. The van der Waals surface area contributed by atoms with Crippen molar-refractivity contribution < 1.29 is 23.1 Å². The van der Waals surface area contributed by atoms with Crippen molar-refractivity contribution in [2.75, 3.05) is 6.54 Å². The van der Waals surface area contributed by atoms with Gasteiger partial charge in [0.25, 0.3) is 0 Å². The number of nitrogens with one attached hydrogen (secondary N) is 1. The van der Waals surface area contributed by atoms with Gasteiger partial charge in [-0.25, -0.2) is 18.1 Å². The fourth-order valence-corrected chi connectivity index (χ4v) is 2.72. The van der Waals surface area contributed by atoms with Gasteiger partial charge in [0.15, 0.2) is 5.82 Å². The number of hydrogen-bond donors (Lipinski definition) is 2. The van der Waals surface area contributed by atoms with Crippen molar-refractivity contribution >= 4 is 16.0 Å². The molecule has 0 unspecified atom stereocenters. The Bertz CT molecular complexity index is 770. The van der Waals surface area contributed by atoms with Gasteiger partial charge in [0.05, 0.1) is 11.3 Å². The maximum absolute atomic E-state index is 11.9. The first-order valence-corrected chi connectivity index (χ1v) is 8.14. The van der Waals surface area contributed by atoms with Crippen molar-refractivity contribution in [3.63, 3.8) is 0 Å². The molecule has 0 bridgehead atoms. The van der Waals surface area contributed by atoms with E-state index < -0.39 is 16.0 Å². The number of carboxylic acids is 1. The van der Waals surface area contributed by atoms with Crippen LogP contribution in [0, 0.1) is 0 Å². The van der Waals surface area contributed by atoms with E-state index in [2.05, 4.69) is 14.8 Å². The van der Waals surface area contributed by atoms with Crippen LogP contribution in [0.2, 0.25) is 0 Å². The number of ether oxygens (including phenoxy) is 1. The Morgan fingerprint density at radius 2 is 2.04 bits per heavy atom. The molecule has 0 saturated carbocycles. The van der Waals surface area contributed by atoms with Gasteiger partial charge in [-0.1, -0.05) is 0 Å². The number of hydrogen-bond acceptors (Lipinski definition) is 6. The second-order valence-electron chi connectivity index (χ2n) is 4.60. The second-order valence-corrected chi connectivity index (χ2v) is 6.37. The molecule has 0 spiro atoms. The molecular formula is C13H16N4O5S. The lowest BCUT2D eigenvalue weighted by Gasteiger charge is -2.08. The SMILES string of the molecule is Cn1ncnc1COc1ccc(S(=O)(=O)NCCC(=O)O)cc1. The van der Waals surface area contributed by atoms with Crippen LogP contribution in [0.25, 0.3) is 0 Å². The summed E-state index contributed by atoms with van der Waals surface area (Å²) in [4.78, 5) is 14.4. The molecule has 2 aromatic rings. The van der Waals surface area contributed by atoms with Crippen LogP contribution in [-0.4, -0.2) is 40.8 Å². The summed E-state index contributed by atoms with van der Waals surface area (Å²) >= 11 is 0. The Hall–Kier alpha value is -2.46. The minimum absolute atomic E-state index is 0.0360. The molecular weight excluding hydrogens is 324 g/mol. The molecule has 0 saturated heterocycles. The van der Waals surface area contributed by atoms with Gasteiger partial charge >= 0.3 is 5.97 Å². The third-order valence-corrected chi connectivity index (χ3v) is 4.41. The van der Waals surface area contributed by atoms with Crippen molar-refractivity contribution in [1.82, 2.24) is 19.5 Å². The topological polar surface area (TPSA) is 123 Å². The van der Waals surface area contributed by atoms with Gasteiger partial charge in [0.1, 0.15) is 18.7 Å². The number of carboxylic acid groups (broad SMARTS) is 1. The summed E-state index contributed by atoms with van der Waals surface area (Å²) in [6.07, 6.45) is 1.13. The molecule has 1 aromatic heterocycles. The molecule has 2 N–H and O–H groups in total. The van der Waals surface area contributed by atoms with E-state index in [4.69, 9.17) is 9.84 Å². The molecule has 0 aliphatic carbocycles. The van der Waals surface area contributed by atoms with Crippen LogP contribution in [0.1, 0.15) is 12.2 Å². The molecule has 2 rings (SSSR count). The molecule has 23 heavy (non-hydrogen) atoms. The molecule has 0 fully saturated rings. The fraction of sp³-hybridized carbons (Fsp3) is 0.308. The van der Waals surface area contributed by atoms with Gasteiger partial charge in [-0.2, -0.15) is 5.10 Å². The summed E-state index contributed by atoms with van der Waals surface area (Å²) in [5.74, 6) is 0.0507. The summed E-state index contributed by atoms with van der Waals surface area (Å²) in [6.45, 7) is 0.0432. The number of benzene rings is 1. The zero-order chi connectivity index (χ0) is 16.9. The van der Waals surface area contributed by atoms with E-state index in [1.165, 1.54) is 30.6 Å². The van der Waals surface area contributed by atoms with Crippen LogP contribution in [0.3, 0.4) is 0 Å². The van der Waals surface area contributed by atoms with Crippen LogP contribution >= 0.6 is 0 Å². The molecule has 1 aromatic carbocycles. The zero-order valence-corrected chi connectivity index (χ0v) is 13.2. The molecule has 10 heteroatoms. The van der Waals surface area contributed by atoms with Crippen molar-refractivity contribution in [3.8, 4) is 5.75 Å². The number of carbonyl (C=O) groups is 1. The van der Waals surface area contributed by atoms with Crippen molar-refractivity contribution in [1.29, 1.82) is 0 Å². The van der Waals surface area contributed by atoms with Crippen molar-refractivity contribution in [2.45, 2.75) is 17.9 Å². The van der Waals surface area contributed by atoms with Crippen LogP contribution < -0.4 is 9.46 Å². The summed E-state index contributed by atoms with van der Waals surface area (Å²) in [6, 6.07) is 5.80. The quantitative estimate of drug-likeness (QED) is 0.701. The predicted octanol–water partition coefficient (Wildman–Crippen LogP) is 0.147. The van der Waals surface area contributed by atoms with Gasteiger partial charge < -0.3 is 9.84 Å². The molecule has 0 radical (unpaired) electrons. The number of nitrogens with zero attached hydrogens (tertiary/aromatic N) is 3. The lowest BCUT2D eigenvalue weighted by molar-refractivity contribution is -0.136. The summed E-state index contributed by atoms with van der Waals surface area (Å²) < 4.78 is 33.2. The third-order valence-electron chi connectivity index (χ3n) is 2.94. The first-order chi connectivity index (χ1) is 10.9.